The Hall–Kier alpha value is -1.94. The third-order valence-corrected chi connectivity index (χ3v) is 3.01. The Balaban J connectivity index is 2.21. The van der Waals surface area contributed by atoms with E-state index in [1.54, 1.807) is 30.3 Å². The second kappa shape index (κ2) is 5.80. The molecule has 96 valence electrons. The van der Waals surface area contributed by atoms with Gasteiger partial charge in [0.2, 0.25) is 0 Å². The summed E-state index contributed by atoms with van der Waals surface area (Å²) in [4.78, 5) is 11.9. The summed E-state index contributed by atoms with van der Waals surface area (Å²) in [6, 6.07) is 10.4. The van der Waals surface area contributed by atoms with E-state index in [2.05, 4.69) is 15.9 Å². The molecular formula is C15H10BrFO2. The third-order valence-electron chi connectivity index (χ3n) is 2.52. The number of halogens is 2. The van der Waals surface area contributed by atoms with Crippen LogP contribution in [0.1, 0.15) is 15.9 Å². The SMILES string of the molecule is O=C(/C=C/c1ccc(F)cc1)c1cc(Br)ccc1O. The molecule has 0 aromatic heterocycles. The highest BCUT2D eigenvalue weighted by molar-refractivity contribution is 9.10. The van der Waals surface area contributed by atoms with Crippen LogP contribution < -0.4 is 0 Å². The molecule has 0 aliphatic rings. The highest BCUT2D eigenvalue weighted by Gasteiger charge is 2.08. The molecule has 2 aromatic rings. The molecule has 2 rings (SSSR count). The van der Waals surface area contributed by atoms with Crippen LogP contribution in [0.3, 0.4) is 0 Å². The molecule has 0 spiro atoms. The first kappa shape index (κ1) is 13.5. The molecule has 0 atom stereocenters. The molecule has 2 nitrogen and oxygen atoms in total. The van der Waals surface area contributed by atoms with Crippen LogP contribution in [0.15, 0.2) is 53.0 Å². The molecule has 0 aliphatic heterocycles. The number of phenols is 1. The van der Waals surface area contributed by atoms with Crippen LogP contribution in [0, 0.1) is 5.82 Å². The standard InChI is InChI=1S/C15H10BrFO2/c16-11-4-8-15(19)13(9-11)14(18)7-3-10-1-5-12(17)6-2-10/h1-9,19H/b7-3+. The number of carbonyl (C=O) groups excluding carboxylic acids is 1. The van der Waals surface area contributed by atoms with Gasteiger partial charge in [-0.1, -0.05) is 34.1 Å². The van der Waals surface area contributed by atoms with Gasteiger partial charge in [-0.2, -0.15) is 0 Å². The molecule has 0 bridgehead atoms. The first-order valence-corrected chi connectivity index (χ1v) is 6.32. The van der Waals surface area contributed by atoms with Gasteiger partial charge in [-0.15, -0.1) is 0 Å². The van der Waals surface area contributed by atoms with Gasteiger partial charge in [0.1, 0.15) is 11.6 Å². The Kier molecular flexibility index (Phi) is 4.12. The normalized spacial score (nSPS) is 10.8. The molecule has 0 saturated heterocycles. The molecule has 19 heavy (non-hydrogen) atoms. The van der Waals surface area contributed by atoms with Crippen molar-refractivity contribution < 1.29 is 14.3 Å². The van der Waals surface area contributed by atoms with Crippen LogP contribution in [0.4, 0.5) is 4.39 Å². The van der Waals surface area contributed by atoms with Gasteiger partial charge in [0.25, 0.3) is 0 Å². The van der Waals surface area contributed by atoms with Crippen molar-refractivity contribution in [2.24, 2.45) is 0 Å². The van der Waals surface area contributed by atoms with Crippen LogP contribution in [-0.4, -0.2) is 10.9 Å². The summed E-state index contributed by atoms with van der Waals surface area (Å²) in [6.45, 7) is 0. The average molecular weight is 321 g/mol. The number of aromatic hydroxyl groups is 1. The monoisotopic (exact) mass is 320 g/mol. The van der Waals surface area contributed by atoms with Crippen molar-refractivity contribution >= 4 is 27.8 Å². The molecule has 0 unspecified atom stereocenters. The van der Waals surface area contributed by atoms with Crippen LogP contribution in [-0.2, 0) is 0 Å². The molecule has 0 fully saturated rings. The predicted molar refractivity (Wildman–Crippen MR) is 75.6 cm³/mol. The molecule has 0 heterocycles. The zero-order valence-electron chi connectivity index (χ0n) is 9.81. The molecule has 1 N–H and O–H groups in total. The van der Waals surface area contributed by atoms with Gasteiger partial charge in [-0.05, 0) is 42.0 Å². The number of hydrogen-bond donors (Lipinski definition) is 1. The van der Waals surface area contributed by atoms with Crippen molar-refractivity contribution in [1.82, 2.24) is 0 Å². The van der Waals surface area contributed by atoms with Gasteiger partial charge >= 0.3 is 0 Å². The van der Waals surface area contributed by atoms with Gasteiger partial charge in [0.15, 0.2) is 5.78 Å². The lowest BCUT2D eigenvalue weighted by Crippen LogP contribution is -1.94. The summed E-state index contributed by atoms with van der Waals surface area (Å²) < 4.78 is 13.4. The van der Waals surface area contributed by atoms with Crippen molar-refractivity contribution in [3.8, 4) is 5.75 Å². The Bertz CT molecular complexity index is 633. The maximum atomic E-state index is 12.7. The summed E-state index contributed by atoms with van der Waals surface area (Å²) in [5, 5.41) is 9.61. The largest absolute Gasteiger partial charge is 0.507 e. The molecule has 0 amide bonds. The molecular weight excluding hydrogens is 311 g/mol. The van der Waals surface area contributed by atoms with Gasteiger partial charge < -0.3 is 5.11 Å². The Labute approximate surface area is 118 Å². The summed E-state index contributed by atoms with van der Waals surface area (Å²) in [5.74, 6) is -0.715. The quantitative estimate of drug-likeness (QED) is 0.680. The smallest absolute Gasteiger partial charge is 0.189 e. The average Bonchev–Trinajstić information content (AvgIpc) is 2.40. The first-order chi connectivity index (χ1) is 9.06. The van der Waals surface area contributed by atoms with E-state index >= 15 is 0 Å². The van der Waals surface area contributed by atoms with Crippen LogP contribution in [0.25, 0.3) is 6.08 Å². The highest BCUT2D eigenvalue weighted by Crippen LogP contribution is 2.22. The van der Waals surface area contributed by atoms with E-state index in [9.17, 15) is 14.3 Å². The Morgan fingerprint density at radius 3 is 2.53 bits per heavy atom. The zero-order valence-corrected chi connectivity index (χ0v) is 11.4. The Morgan fingerprint density at radius 2 is 1.84 bits per heavy atom. The minimum absolute atomic E-state index is 0.0723. The fourth-order valence-corrected chi connectivity index (χ4v) is 1.90. The second-order valence-electron chi connectivity index (χ2n) is 3.91. The van der Waals surface area contributed by atoms with E-state index in [1.165, 1.54) is 24.3 Å². The first-order valence-electron chi connectivity index (χ1n) is 5.53. The Morgan fingerprint density at radius 1 is 1.16 bits per heavy atom. The van der Waals surface area contributed by atoms with E-state index in [0.29, 0.717) is 10.0 Å². The van der Waals surface area contributed by atoms with Gasteiger partial charge in [-0.25, -0.2) is 4.39 Å². The number of carbonyl (C=O) groups is 1. The number of allylic oxidation sites excluding steroid dienone is 1. The van der Waals surface area contributed by atoms with Gasteiger partial charge in [-0.3, -0.25) is 4.79 Å². The number of ketones is 1. The van der Waals surface area contributed by atoms with Crippen LogP contribution in [0.2, 0.25) is 0 Å². The van der Waals surface area contributed by atoms with E-state index in [4.69, 9.17) is 0 Å². The summed E-state index contributed by atoms with van der Waals surface area (Å²) in [5.41, 5.74) is 0.928. The summed E-state index contributed by atoms with van der Waals surface area (Å²) in [7, 11) is 0. The van der Waals surface area contributed by atoms with E-state index < -0.39 is 0 Å². The third kappa shape index (κ3) is 3.51. The second-order valence-corrected chi connectivity index (χ2v) is 4.83. The van der Waals surface area contributed by atoms with Gasteiger partial charge in [0, 0.05) is 4.47 Å². The topological polar surface area (TPSA) is 37.3 Å². The van der Waals surface area contributed by atoms with Crippen molar-refractivity contribution in [2.75, 3.05) is 0 Å². The summed E-state index contributed by atoms with van der Waals surface area (Å²) >= 11 is 3.24. The van der Waals surface area contributed by atoms with Crippen LogP contribution >= 0.6 is 15.9 Å². The maximum Gasteiger partial charge on any atom is 0.189 e. The highest BCUT2D eigenvalue weighted by atomic mass is 79.9. The fourth-order valence-electron chi connectivity index (χ4n) is 1.54. The van der Waals surface area contributed by atoms with Crippen molar-refractivity contribution in [1.29, 1.82) is 0 Å². The van der Waals surface area contributed by atoms with Gasteiger partial charge in [0.05, 0.1) is 5.56 Å². The maximum absolute atomic E-state index is 12.7. The van der Waals surface area contributed by atoms with Crippen molar-refractivity contribution in [3.05, 3.63) is 70.0 Å². The minimum atomic E-state index is -0.326. The molecule has 2 aromatic carbocycles. The number of hydrogen-bond acceptors (Lipinski definition) is 2. The van der Waals surface area contributed by atoms with Crippen LogP contribution in [0.5, 0.6) is 5.75 Å². The molecule has 0 aliphatic carbocycles. The van der Waals surface area contributed by atoms with E-state index in [0.717, 1.165) is 0 Å². The number of rotatable bonds is 3. The number of phenolic OH excluding ortho intramolecular Hbond substituents is 1. The van der Waals surface area contributed by atoms with Crippen molar-refractivity contribution in [2.45, 2.75) is 0 Å². The molecule has 0 radical (unpaired) electrons. The minimum Gasteiger partial charge on any atom is -0.507 e. The van der Waals surface area contributed by atoms with Crippen molar-refractivity contribution in [3.63, 3.8) is 0 Å². The lowest BCUT2D eigenvalue weighted by molar-refractivity contribution is 0.104. The summed E-state index contributed by atoms with van der Waals surface area (Å²) in [6.07, 6.45) is 2.91. The lowest BCUT2D eigenvalue weighted by atomic mass is 10.1. The lowest BCUT2D eigenvalue weighted by Gasteiger charge is -2.01. The van der Waals surface area contributed by atoms with E-state index in [-0.39, 0.29) is 22.9 Å². The van der Waals surface area contributed by atoms with E-state index in [1.807, 2.05) is 0 Å². The fraction of sp³-hybridized carbons (Fsp3) is 0. The zero-order chi connectivity index (χ0) is 13.8. The number of benzene rings is 2. The molecule has 0 saturated carbocycles. The molecule has 4 heteroatoms. The predicted octanol–water partition coefficient (Wildman–Crippen LogP) is 4.19.